The molecule has 0 bridgehead atoms. The van der Waals surface area contributed by atoms with Crippen molar-refractivity contribution >= 4 is 23.1 Å². The average molecular weight is 617 g/mol. The molecule has 10 nitrogen and oxygen atoms in total. The number of carbonyl (C=O) groups is 2. The lowest BCUT2D eigenvalue weighted by atomic mass is 9.87. The van der Waals surface area contributed by atoms with Crippen LogP contribution in [0.4, 0.5) is 9.59 Å². The number of methoxy groups -OCH3 is 1. The highest BCUT2D eigenvalue weighted by Crippen LogP contribution is 2.46. The molecule has 4 aromatic rings. The maximum absolute atomic E-state index is 11.9. The fraction of sp³-hybridized carbons (Fsp3) is 0.314. The van der Waals surface area contributed by atoms with Crippen LogP contribution in [-0.2, 0) is 14.2 Å². The van der Waals surface area contributed by atoms with Gasteiger partial charge in [-0.3, -0.25) is 0 Å². The molecule has 0 aromatic heterocycles. The molecule has 5 rings (SSSR count). The second kappa shape index (κ2) is 14.3. The second-order valence-electron chi connectivity index (χ2n) is 10.5. The minimum Gasteiger partial charge on any atom is -0.497 e. The molecule has 45 heavy (non-hydrogen) atoms. The van der Waals surface area contributed by atoms with Crippen LogP contribution in [0.5, 0.6) is 23.0 Å². The Morgan fingerprint density at radius 1 is 0.822 bits per heavy atom. The molecule has 0 radical (unpaired) electrons. The SMILES string of the molecule is CCOC(=O)Oc1ccc(C2COc3cc(OC(=O)OCC)ccc3C2OC(O)[C@@H](C)c2ccc3cc(OC)ccc3c2)cc1. The third kappa shape index (κ3) is 7.47. The highest BCUT2D eigenvalue weighted by molar-refractivity contribution is 5.84. The van der Waals surface area contributed by atoms with E-state index in [0.29, 0.717) is 17.1 Å². The van der Waals surface area contributed by atoms with E-state index in [0.717, 1.165) is 27.6 Å². The number of aliphatic hydroxyl groups is 1. The van der Waals surface area contributed by atoms with Gasteiger partial charge in [-0.2, -0.15) is 0 Å². The van der Waals surface area contributed by atoms with Gasteiger partial charge < -0.3 is 38.3 Å². The molecule has 0 saturated carbocycles. The molecule has 0 amide bonds. The Balaban J connectivity index is 1.42. The maximum Gasteiger partial charge on any atom is 0.513 e. The first-order valence-corrected chi connectivity index (χ1v) is 14.8. The second-order valence-corrected chi connectivity index (χ2v) is 10.5. The fourth-order valence-corrected chi connectivity index (χ4v) is 5.22. The zero-order valence-corrected chi connectivity index (χ0v) is 25.6. The molecule has 4 atom stereocenters. The van der Waals surface area contributed by atoms with Crippen molar-refractivity contribution in [3.8, 4) is 23.0 Å². The van der Waals surface area contributed by atoms with E-state index in [-0.39, 0.29) is 37.4 Å². The summed E-state index contributed by atoms with van der Waals surface area (Å²) in [6.45, 7) is 5.89. The number of ether oxygens (including phenoxy) is 7. The Bertz CT molecular complexity index is 1630. The van der Waals surface area contributed by atoms with Crippen molar-refractivity contribution in [2.24, 2.45) is 0 Å². The van der Waals surface area contributed by atoms with Crippen molar-refractivity contribution in [1.82, 2.24) is 0 Å². The smallest absolute Gasteiger partial charge is 0.497 e. The number of fused-ring (bicyclic) bond motifs is 2. The van der Waals surface area contributed by atoms with Crippen LogP contribution in [0.15, 0.2) is 78.9 Å². The van der Waals surface area contributed by atoms with Crippen LogP contribution in [0.2, 0.25) is 0 Å². The predicted molar refractivity (Wildman–Crippen MR) is 165 cm³/mol. The van der Waals surface area contributed by atoms with Gasteiger partial charge in [0.1, 0.15) is 23.0 Å². The number of aliphatic hydroxyl groups excluding tert-OH is 1. The van der Waals surface area contributed by atoms with Crippen LogP contribution < -0.4 is 18.9 Å². The van der Waals surface area contributed by atoms with E-state index in [4.69, 9.17) is 33.2 Å². The standard InChI is InChI=1S/C35H36O10/c1-5-40-34(37)43-26-12-9-22(10-13-26)30-20-42-31-19-28(44-35(38)41-6-2)15-16-29(31)32(30)45-33(36)21(3)23-7-8-25-18-27(39-4)14-11-24(25)17-23/h7-19,21,30,32-33,36H,5-6,20H2,1-4H3/t21-,30?,32?,33?/m0/s1. The molecule has 0 spiro atoms. The molecular formula is C35H36O10. The highest BCUT2D eigenvalue weighted by atomic mass is 16.7. The van der Waals surface area contributed by atoms with Gasteiger partial charge in [0.15, 0.2) is 6.29 Å². The number of benzene rings is 4. The summed E-state index contributed by atoms with van der Waals surface area (Å²) in [4.78, 5) is 23.7. The minimum absolute atomic E-state index is 0.183. The summed E-state index contributed by atoms with van der Waals surface area (Å²) in [6, 6.07) is 23.8. The molecule has 1 N–H and O–H groups in total. The lowest BCUT2D eigenvalue weighted by molar-refractivity contribution is -0.161. The molecule has 1 aliphatic rings. The van der Waals surface area contributed by atoms with Crippen molar-refractivity contribution in [3.05, 3.63) is 95.6 Å². The minimum atomic E-state index is -1.18. The van der Waals surface area contributed by atoms with Gasteiger partial charge in [0.25, 0.3) is 0 Å². The Morgan fingerprint density at radius 2 is 1.44 bits per heavy atom. The lowest BCUT2D eigenvalue weighted by Gasteiger charge is -2.36. The van der Waals surface area contributed by atoms with Crippen molar-refractivity contribution in [2.45, 2.75) is 45.0 Å². The van der Waals surface area contributed by atoms with Gasteiger partial charge in [0, 0.05) is 23.5 Å². The number of rotatable bonds is 10. The van der Waals surface area contributed by atoms with Crippen LogP contribution in [0.25, 0.3) is 10.8 Å². The van der Waals surface area contributed by atoms with Crippen LogP contribution >= 0.6 is 0 Å². The molecule has 1 aliphatic heterocycles. The van der Waals surface area contributed by atoms with Crippen LogP contribution in [0.1, 0.15) is 55.4 Å². The Hall–Kier alpha value is -4.80. The number of hydrogen-bond acceptors (Lipinski definition) is 10. The Morgan fingerprint density at radius 3 is 2.13 bits per heavy atom. The zero-order chi connectivity index (χ0) is 31.9. The Kier molecular flexibility index (Phi) is 10.1. The quantitative estimate of drug-likeness (QED) is 0.111. The summed E-state index contributed by atoms with van der Waals surface area (Å²) in [7, 11) is 1.63. The molecule has 3 unspecified atom stereocenters. The number of carbonyl (C=O) groups excluding carboxylic acids is 2. The van der Waals surface area contributed by atoms with Gasteiger partial charge >= 0.3 is 12.3 Å². The topological polar surface area (TPSA) is 119 Å². The summed E-state index contributed by atoms with van der Waals surface area (Å²) >= 11 is 0. The van der Waals surface area contributed by atoms with Crippen molar-refractivity contribution in [2.75, 3.05) is 26.9 Å². The maximum atomic E-state index is 11.9. The van der Waals surface area contributed by atoms with E-state index in [1.54, 1.807) is 51.3 Å². The van der Waals surface area contributed by atoms with Crippen LogP contribution in [0.3, 0.4) is 0 Å². The zero-order valence-electron chi connectivity index (χ0n) is 25.6. The molecule has 10 heteroatoms. The van der Waals surface area contributed by atoms with Crippen LogP contribution in [-0.4, -0.2) is 50.6 Å². The molecule has 1 heterocycles. The largest absolute Gasteiger partial charge is 0.513 e. The molecule has 0 fully saturated rings. The number of hydrogen-bond donors (Lipinski definition) is 1. The molecule has 4 aromatic carbocycles. The van der Waals surface area contributed by atoms with Gasteiger partial charge in [0.2, 0.25) is 0 Å². The summed E-state index contributed by atoms with van der Waals surface area (Å²) in [6.07, 6.45) is -3.42. The van der Waals surface area contributed by atoms with Crippen molar-refractivity contribution in [1.29, 1.82) is 0 Å². The fourth-order valence-electron chi connectivity index (χ4n) is 5.22. The first-order chi connectivity index (χ1) is 21.8. The third-order valence-corrected chi connectivity index (χ3v) is 7.62. The van der Waals surface area contributed by atoms with Gasteiger partial charge in [0.05, 0.1) is 33.0 Å². The van der Waals surface area contributed by atoms with E-state index in [1.807, 2.05) is 55.5 Å². The highest BCUT2D eigenvalue weighted by Gasteiger charge is 2.36. The van der Waals surface area contributed by atoms with Crippen molar-refractivity contribution in [3.63, 3.8) is 0 Å². The van der Waals surface area contributed by atoms with Gasteiger partial charge in [-0.15, -0.1) is 0 Å². The predicted octanol–water partition coefficient (Wildman–Crippen LogP) is 7.28. The molecule has 0 saturated heterocycles. The summed E-state index contributed by atoms with van der Waals surface area (Å²) < 4.78 is 38.1. The Labute approximate surface area is 261 Å². The van der Waals surface area contributed by atoms with E-state index in [9.17, 15) is 14.7 Å². The van der Waals surface area contributed by atoms with E-state index < -0.39 is 24.7 Å². The van der Waals surface area contributed by atoms with Gasteiger partial charge in [-0.1, -0.05) is 43.3 Å². The summed E-state index contributed by atoms with van der Waals surface area (Å²) in [5.74, 6) is 1.10. The normalized spacial score (nSPS) is 16.9. The molecule has 0 aliphatic carbocycles. The third-order valence-electron chi connectivity index (χ3n) is 7.62. The monoisotopic (exact) mass is 616 g/mol. The van der Waals surface area contributed by atoms with Gasteiger partial charge in [-0.25, -0.2) is 9.59 Å². The van der Waals surface area contributed by atoms with Gasteiger partial charge in [-0.05, 0) is 72.1 Å². The summed E-state index contributed by atoms with van der Waals surface area (Å²) in [5.41, 5.74) is 2.42. The lowest BCUT2D eigenvalue weighted by Crippen LogP contribution is -2.31. The van der Waals surface area contributed by atoms with Crippen molar-refractivity contribution < 1.29 is 47.9 Å². The first kappa shape index (κ1) is 31.6. The molecular weight excluding hydrogens is 580 g/mol. The first-order valence-electron chi connectivity index (χ1n) is 14.8. The van der Waals surface area contributed by atoms with E-state index >= 15 is 0 Å². The van der Waals surface area contributed by atoms with E-state index in [1.165, 1.54) is 0 Å². The summed E-state index contributed by atoms with van der Waals surface area (Å²) in [5, 5.41) is 13.5. The van der Waals surface area contributed by atoms with Crippen LogP contribution in [0, 0.1) is 0 Å². The molecule has 236 valence electrons. The van der Waals surface area contributed by atoms with E-state index in [2.05, 4.69) is 0 Å². The average Bonchev–Trinajstić information content (AvgIpc) is 3.04.